The van der Waals surface area contributed by atoms with Crippen molar-refractivity contribution in [2.75, 3.05) is 30.4 Å². The Morgan fingerprint density at radius 1 is 1.02 bits per heavy atom. The Labute approximate surface area is 261 Å². The molecule has 3 heterocycles. The van der Waals surface area contributed by atoms with Crippen LogP contribution in [0.5, 0.6) is 0 Å². The van der Waals surface area contributed by atoms with Gasteiger partial charge in [0, 0.05) is 71.5 Å². The largest absolute Gasteiger partial charge is 0.340 e. The molecule has 1 fully saturated rings. The molecule has 3 aromatic carbocycles. The van der Waals surface area contributed by atoms with Gasteiger partial charge >= 0.3 is 0 Å². The molecule has 0 amide bonds. The lowest BCUT2D eigenvalue weighted by Gasteiger charge is -2.39. The van der Waals surface area contributed by atoms with Crippen LogP contribution in [0.4, 0.5) is 26.1 Å². The monoisotopic (exact) mass is 616 g/mol. The van der Waals surface area contributed by atoms with Crippen molar-refractivity contribution in [1.29, 1.82) is 5.41 Å². The van der Waals surface area contributed by atoms with Crippen molar-refractivity contribution in [3.05, 3.63) is 100 Å². The number of guanidine groups is 1. The Balaban J connectivity index is 0.00000384. The Bertz CT molecular complexity index is 1700. The number of nitrogens with one attached hydrogen (secondary N) is 3. The standard InChI is InChI=1S/C32H31ClF2N8.CH4/c1-18-16-43(17-19(2)39-18)31(36)42(3)23-10-8-22(9-11-23)40-32-38-15-20-14-37-30(28-26(34)5-4-6-27(28)35)25-13-21(33)7-12-24(25)29(20)41-32;/h4-13,15,18-19,36,39H,14,16-17H2,1-3H3,(H,38,40,41);1H4. The fourth-order valence-electron chi connectivity index (χ4n) is 5.65. The molecular weight excluding hydrogens is 582 g/mol. The lowest BCUT2D eigenvalue weighted by molar-refractivity contribution is 0.251. The first-order chi connectivity index (χ1) is 20.7. The molecule has 228 valence electrons. The van der Waals surface area contributed by atoms with Crippen LogP contribution in [0.25, 0.3) is 11.3 Å². The molecule has 2 aliphatic rings. The zero-order valence-corrected chi connectivity index (χ0v) is 24.8. The van der Waals surface area contributed by atoms with E-state index < -0.39 is 11.6 Å². The van der Waals surface area contributed by atoms with Gasteiger partial charge in [-0.2, -0.15) is 0 Å². The van der Waals surface area contributed by atoms with E-state index in [0.717, 1.165) is 24.5 Å². The van der Waals surface area contributed by atoms with E-state index in [-0.39, 0.29) is 25.2 Å². The van der Waals surface area contributed by atoms with Crippen LogP contribution in [-0.4, -0.2) is 58.8 Å². The van der Waals surface area contributed by atoms with Gasteiger partial charge in [0.05, 0.1) is 23.5 Å². The number of benzene rings is 3. The quantitative estimate of drug-likeness (QED) is 0.171. The van der Waals surface area contributed by atoms with Gasteiger partial charge < -0.3 is 20.4 Å². The first kappa shape index (κ1) is 31.0. The van der Waals surface area contributed by atoms with Crippen LogP contribution < -0.4 is 15.5 Å². The zero-order valence-electron chi connectivity index (χ0n) is 24.0. The molecule has 0 spiro atoms. The molecule has 0 radical (unpaired) electrons. The molecule has 4 aromatic rings. The van der Waals surface area contributed by atoms with Crippen LogP contribution in [-0.2, 0) is 6.54 Å². The van der Waals surface area contributed by atoms with Crippen LogP contribution >= 0.6 is 11.6 Å². The summed E-state index contributed by atoms with van der Waals surface area (Å²) in [4.78, 5) is 17.8. The number of anilines is 3. The number of aromatic nitrogens is 2. The van der Waals surface area contributed by atoms with Gasteiger partial charge in [0.1, 0.15) is 11.6 Å². The molecule has 3 N–H and O–H groups in total. The molecule has 0 saturated carbocycles. The van der Waals surface area contributed by atoms with Gasteiger partial charge in [-0.1, -0.05) is 31.2 Å². The van der Waals surface area contributed by atoms with Gasteiger partial charge in [-0.15, -0.1) is 0 Å². The SMILES string of the molecule is C.CC1CN(C(=N)N(C)c2ccc(Nc3ncc4c(n3)-c3ccc(Cl)cc3C(c3c(F)cccc3F)=NC4)cc2)CC(C)N1. The minimum atomic E-state index is -0.703. The molecule has 2 aliphatic heterocycles. The summed E-state index contributed by atoms with van der Waals surface area (Å²) in [6, 6.07) is 17.2. The van der Waals surface area contributed by atoms with Crippen LogP contribution in [0.15, 0.2) is 71.9 Å². The van der Waals surface area contributed by atoms with Crippen LogP contribution in [0.1, 0.15) is 38.0 Å². The third kappa shape index (κ3) is 6.13. The summed E-state index contributed by atoms with van der Waals surface area (Å²) in [5.41, 5.74) is 4.08. The highest BCUT2D eigenvalue weighted by Gasteiger charge is 2.26. The van der Waals surface area contributed by atoms with Crippen LogP contribution in [0.2, 0.25) is 5.02 Å². The smallest absolute Gasteiger partial charge is 0.227 e. The summed E-state index contributed by atoms with van der Waals surface area (Å²) in [7, 11) is 1.89. The normalized spacial score (nSPS) is 17.4. The molecule has 8 nitrogen and oxygen atoms in total. The third-order valence-electron chi connectivity index (χ3n) is 7.65. The number of rotatable bonds is 4. The molecule has 0 bridgehead atoms. The zero-order chi connectivity index (χ0) is 30.2. The van der Waals surface area contributed by atoms with E-state index in [4.69, 9.17) is 22.0 Å². The minimum Gasteiger partial charge on any atom is -0.340 e. The van der Waals surface area contributed by atoms with Gasteiger partial charge in [0.15, 0.2) is 5.96 Å². The van der Waals surface area contributed by atoms with E-state index in [1.165, 1.54) is 18.2 Å². The number of aliphatic imine (C=N–C) groups is 1. The van der Waals surface area contributed by atoms with Crippen molar-refractivity contribution in [3.63, 3.8) is 0 Å². The summed E-state index contributed by atoms with van der Waals surface area (Å²) in [6.07, 6.45) is 1.67. The van der Waals surface area contributed by atoms with Crippen molar-refractivity contribution in [2.45, 2.75) is 39.9 Å². The van der Waals surface area contributed by atoms with Crippen molar-refractivity contribution in [3.8, 4) is 11.3 Å². The summed E-state index contributed by atoms with van der Waals surface area (Å²) < 4.78 is 29.7. The number of piperazine rings is 1. The Morgan fingerprint density at radius 3 is 2.39 bits per heavy atom. The number of nitrogens with zero attached hydrogens (tertiary/aromatic N) is 5. The van der Waals surface area contributed by atoms with E-state index in [0.29, 0.717) is 51.4 Å². The minimum absolute atomic E-state index is 0. The number of hydrogen-bond donors (Lipinski definition) is 3. The maximum atomic E-state index is 14.8. The Morgan fingerprint density at radius 2 is 1.70 bits per heavy atom. The van der Waals surface area contributed by atoms with Gasteiger partial charge in [-0.3, -0.25) is 10.4 Å². The number of fused-ring (bicyclic) bond motifs is 3. The van der Waals surface area contributed by atoms with E-state index in [1.54, 1.807) is 24.4 Å². The topological polar surface area (TPSA) is 92.5 Å². The van der Waals surface area contributed by atoms with E-state index in [1.807, 2.05) is 36.2 Å². The van der Waals surface area contributed by atoms with E-state index in [9.17, 15) is 8.78 Å². The number of halogens is 3. The molecule has 2 unspecified atom stereocenters. The molecular formula is C33H35ClF2N8. The van der Waals surface area contributed by atoms with E-state index in [2.05, 4.69) is 39.4 Å². The first-order valence-corrected chi connectivity index (χ1v) is 14.4. The highest BCUT2D eigenvalue weighted by Crippen LogP contribution is 2.35. The lowest BCUT2D eigenvalue weighted by Crippen LogP contribution is -2.58. The maximum Gasteiger partial charge on any atom is 0.227 e. The van der Waals surface area contributed by atoms with Gasteiger partial charge in [0.25, 0.3) is 0 Å². The van der Waals surface area contributed by atoms with Crippen molar-refractivity contribution in [2.24, 2.45) is 4.99 Å². The second-order valence-corrected chi connectivity index (χ2v) is 11.4. The lowest BCUT2D eigenvalue weighted by atomic mass is 9.95. The molecule has 6 rings (SSSR count). The average Bonchev–Trinajstić information content (AvgIpc) is 3.13. The van der Waals surface area contributed by atoms with Gasteiger partial charge in [0.2, 0.25) is 5.95 Å². The molecule has 44 heavy (non-hydrogen) atoms. The average molecular weight is 617 g/mol. The fourth-order valence-corrected chi connectivity index (χ4v) is 5.83. The molecule has 11 heteroatoms. The first-order valence-electron chi connectivity index (χ1n) is 14.0. The summed E-state index contributed by atoms with van der Waals surface area (Å²) >= 11 is 6.33. The molecule has 2 atom stereocenters. The fraction of sp³-hybridized carbons (Fsp3) is 0.273. The van der Waals surface area contributed by atoms with E-state index >= 15 is 0 Å². The maximum absolute atomic E-state index is 14.8. The predicted molar refractivity (Wildman–Crippen MR) is 174 cm³/mol. The van der Waals surface area contributed by atoms with Crippen LogP contribution in [0, 0.1) is 17.0 Å². The third-order valence-corrected chi connectivity index (χ3v) is 7.88. The second kappa shape index (κ2) is 12.7. The van der Waals surface area contributed by atoms with Crippen molar-refractivity contribution in [1.82, 2.24) is 20.2 Å². The Kier molecular flexibility index (Phi) is 8.94. The number of hydrogen-bond acceptors (Lipinski definition) is 6. The Hall–Kier alpha value is -4.41. The molecule has 1 aromatic heterocycles. The van der Waals surface area contributed by atoms with Gasteiger partial charge in [-0.25, -0.2) is 18.7 Å². The second-order valence-electron chi connectivity index (χ2n) is 10.9. The molecule has 0 aliphatic carbocycles. The predicted octanol–water partition coefficient (Wildman–Crippen LogP) is 6.86. The van der Waals surface area contributed by atoms with Crippen LogP contribution in [0.3, 0.4) is 0 Å². The highest BCUT2D eigenvalue weighted by molar-refractivity contribution is 6.31. The summed E-state index contributed by atoms with van der Waals surface area (Å²) in [5.74, 6) is -0.598. The van der Waals surface area contributed by atoms with Gasteiger partial charge in [-0.05, 0) is 62.4 Å². The van der Waals surface area contributed by atoms with Crippen molar-refractivity contribution >= 4 is 40.6 Å². The molecule has 1 saturated heterocycles. The summed E-state index contributed by atoms with van der Waals surface area (Å²) in [5, 5.41) is 15.9. The van der Waals surface area contributed by atoms with Crippen molar-refractivity contribution < 1.29 is 8.78 Å². The highest BCUT2D eigenvalue weighted by atomic mass is 35.5. The summed E-state index contributed by atoms with van der Waals surface area (Å²) in [6.45, 7) is 5.95.